The molecule has 1 fully saturated rings. The largest absolute Gasteiger partial charge is 0.480 e. The molecular formula is C11H20N2O3. The number of amides is 1. The second-order valence-electron chi connectivity index (χ2n) is 4.32. The van der Waals surface area contributed by atoms with Crippen LogP contribution >= 0.6 is 0 Å². The van der Waals surface area contributed by atoms with E-state index in [1.54, 1.807) is 0 Å². The number of rotatable bonds is 5. The van der Waals surface area contributed by atoms with Gasteiger partial charge < -0.3 is 10.0 Å². The van der Waals surface area contributed by atoms with Crippen molar-refractivity contribution in [1.82, 2.24) is 9.80 Å². The van der Waals surface area contributed by atoms with Gasteiger partial charge in [-0.25, -0.2) is 4.79 Å². The number of hydrogen-bond acceptors (Lipinski definition) is 3. The van der Waals surface area contributed by atoms with Gasteiger partial charge in [-0.15, -0.1) is 0 Å². The fourth-order valence-electron chi connectivity index (χ4n) is 2.10. The Labute approximate surface area is 96.0 Å². The molecule has 1 saturated heterocycles. The van der Waals surface area contributed by atoms with E-state index in [-0.39, 0.29) is 5.91 Å². The normalized spacial score (nSPS) is 20.4. The van der Waals surface area contributed by atoms with Gasteiger partial charge in [0.2, 0.25) is 5.91 Å². The molecule has 0 aromatic rings. The number of nitrogens with zero attached hydrogens (tertiary/aromatic N) is 2. The summed E-state index contributed by atoms with van der Waals surface area (Å²) in [4.78, 5) is 26.2. The number of likely N-dealkylation sites (tertiary alicyclic amines) is 1. The molecule has 1 N–H and O–H groups in total. The lowest BCUT2D eigenvalue weighted by molar-refractivity contribution is -0.148. The fourth-order valence-corrected chi connectivity index (χ4v) is 2.10. The molecule has 0 spiro atoms. The summed E-state index contributed by atoms with van der Waals surface area (Å²) >= 11 is 0. The second kappa shape index (κ2) is 5.84. The van der Waals surface area contributed by atoms with Crippen LogP contribution in [-0.4, -0.2) is 59.5 Å². The van der Waals surface area contributed by atoms with E-state index < -0.39 is 12.0 Å². The topological polar surface area (TPSA) is 60.9 Å². The van der Waals surface area contributed by atoms with Crippen molar-refractivity contribution in [2.24, 2.45) is 0 Å². The highest BCUT2D eigenvalue weighted by Gasteiger charge is 2.33. The third-order valence-electron chi connectivity index (χ3n) is 2.87. The van der Waals surface area contributed by atoms with Crippen molar-refractivity contribution < 1.29 is 14.7 Å². The van der Waals surface area contributed by atoms with Gasteiger partial charge >= 0.3 is 5.97 Å². The highest BCUT2D eigenvalue weighted by atomic mass is 16.4. The Kier molecular flexibility index (Phi) is 4.73. The molecule has 0 saturated carbocycles. The molecule has 5 heteroatoms. The minimum absolute atomic E-state index is 0.0687. The van der Waals surface area contributed by atoms with Crippen LogP contribution in [0.1, 0.15) is 26.2 Å². The summed E-state index contributed by atoms with van der Waals surface area (Å²) in [5.74, 6) is -0.954. The van der Waals surface area contributed by atoms with Gasteiger partial charge in [0.1, 0.15) is 6.04 Å². The zero-order valence-electron chi connectivity index (χ0n) is 9.98. The molecule has 0 aromatic heterocycles. The van der Waals surface area contributed by atoms with Crippen LogP contribution < -0.4 is 0 Å². The molecule has 1 atom stereocenters. The minimum atomic E-state index is -0.885. The van der Waals surface area contributed by atoms with Crippen molar-refractivity contribution in [3.63, 3.8) is 0 Å². The van der Waals surface area contributed by atoms with E-state index in [0.29, 0.717) is 19.5 Å². The van der Waals surface area contributed by atoms with Gasteiger partial charge in [0.15, 0.2) is 0 Å². The minimum Gasteiger partial charge on any atom is -0.480 e. The average Bonchev–Trinajstić information content (AvgIpc) is 2.65. The monoisotopic (exact) mass is 228 g/mol. The number of hydrogen-bond donors (Lipinski definition) is 1. The van der Waals surface area contributed by atoms with Crippen LogP contribution in [0.3, 0.4) is 0 Å². The summed E-state index contributed by atoms with van der Waals surface area (Å²) < 4.78 is 0. The maximum absolute atomic E-state index is 11.9. The van der Waals surface area contributed by atoms with E-state index in [2.05, 4.69) is 6.92 Å². The predicted octanol–water partition coefficient (Wildman–Crippen LogP) is 0.404. The Morgan fingerprint density at radius 3 is 2.75 bits per heavy atom. The number of carboxylic acid groups (broad SMARTS) is 1. The summed E-state index contributed by atoms with van der Waals surface area (Å²) in [6, 6.07) is -0.609. The molecule has 0 aromatic carbocycles. The molecular weight excluding hydrogens is 208 g/mol. The fraction of sp³-hybridized carbons (Fsp3) is 0.818. The first-order chi connectivity index (χ1) is 7.56. The first kappa shape index (κ1) is 13.0. The Morgan fingerprint density at radius 2 is 2.19 bits per heavy atom. The summed E-state index contributed by atoms with van der Waals surface area (Å²) in [6.45, 7) is 3.81. The van der Waals surface area contributed by atoms with Crippen LogP contribution in [0, 0.1) is 0 Å². The Hall–Kier alpha value is -1.10. The number of aliphatic carboxylic acids is 1. The molecule has 92 valence electrons. The lowest BCUT2D eigenvalue weighted by Gasteiger charge is -2.24. The van der Waals surface area contributed by atoms with Crippen LogP contribution in [0.4, 0.5) is 0 Å². The van der Waals surface area contributed by atoms with Crippen molar-refractivity contribution in [2.75, 3.05) is 26.7 Å². The lowest BCUT2D eigenvalue weighted by Crippen LogP contribution is -2.44. The van der Waals surface area contributed by atoms with Gasteiger partial charge in [-0.2, -0.15) is 0 Å². The molecule has 1 aliphatic heterocycles. The molecule has 1 aliphatic rings. The predicted molar refractivity (Wildman–Crippen MR) is 60.2 cm³/mol. The van der Waals surface area contributed by atoms with Crippen molar-refractivity contribution in [3.05, 3.63) is 0 Å². The molecule has 5 nitrogen and oxygen atoms in total. The molecule has 0 bridgehead atoms. The van der Waals surface area contributed by atoms with Crippen LogP contribution in [0.15, 0.2) is 0 Å². The summed E-state index contributed by atoms with van der Waals surface area (Å²) in [6.07, 6.45) is 2.37. The number of carbonyl (C=O) groups excluding carboxylic acids is 1. The molecule has 1 amide bonds. The SMILES string of the molecule is CCCN(C)CC(=O)N1CCCC1C(=O)O. The number of carboxylic acids is 1. The third kappa shape index (κ3) is 3.20. The smallest absolute Gasteiger partial charge is 0.326 e. The first-order valence-corrected chi connectivity index (χ1v) is 5.77. The van der Waals surface area contributed by atoms with Crippen LogP contribution in [0.2, 0.25) is 0 Å². The molecule has 1 heterocycles. The molecule has 1 unspecified atom stereocenters. The maximum Gasteiger partial charge on any atom is 0.326 e. The van der Waals surface area contributed by atoms with E-state index in [4.69, 9.17) is 5.11 Å². The summed E-state index contributed by atoms with van der Waals surface area (Å²) in [7, 11) is 1.88. The Bertz CT molecular complexity index is 268. The zero-order valence-corrected chi connectivity index (χ0v) is 9.98. The van der Waals surface area contributed by atoms with E-state index in [1.165, 1.54) is 4.90 Å². The molecule has 1 rings (SSSR count). The Balaban J connectivity index is 2.49. The van der Waals surface area contributed by atoms with Gasteiger partial charge in [0.05, 0.1) is 6.54 Å². The Morgan fingerprint density at radius 1 is 1.50 bits per heavy atom. The number of carbonyl (C=O) groups is 2. The van der Waals surface area contributed by atoms with Crippen LogP contribution in [-0.2, 0) is 9.59 Å². The van der Waals surface area contributed by atoms with E-state index >= 15 is 0 Å². The number of likely N-dealkylation sites (N-methyl/N-ethyl adjacent to an activating group) is 1. The molecule has 16 heavy (non-hydrogen) atoms. The van der Waals surface area contributed by atoms with Crippen molar-refractivity contribution in [3.8, 4) is 0 Å². The highest BCUT2D eigenvalue weighted by Crippen LogP contribution is 2.17. The van der Waals surface area contributed by atoms with Gasteiger partial charge in [0, 0.05) is 6.54 Å². The van der Waals surface area contributed by atoms with Crippen LogP contribution in [0.25, 0.3) is 0 Å². The van der Waals surface area contributed by atoms with Gasteiger partial charge in [-0.1, -0.05) is 6.92 Å². The van der Waals surface area contributed by atoms with Crippen LogP contribution in [0.5, 0.6) is 0 Å². The van der Waals surface area contributed by atoms with E-state index in [9.17, 15) is 9.59 Å². The van der Waals surface area contributed by atoms with Gasteiger partial charge in [0.25, 0.3) is 0 Å². The highest BCUT2D eigenvalue weighted by molar-refractivity contribution is 5.85. The quantitative estimate of drug-likeness (QED) is 0.740. The van der Waals surface area contributed by atoms with Crippen molar-refractivity contribution in [2.45, 2.75) is 32.2 Å². The lowest BCUT2D eigenvalue weighted by atomic mass is 10.2. The van der Waals surface area contributed by atoms with E-state index in [0.717, 1.165) is 19.4 Å². The second-order valence-corrected chi connectivity index (χ2v) is 4.32. The average molecular weight is 228 g/mol. The summed E-state index contributed by atoms with van der Waals surface area (Å²) in [5, 5.41) is 8.96. The third-order valence-corrected chi connectivity index (χ3v) is 2.87. The summed E-state index contributed by atoms with van der Waals surface area (Å²) in [5.41, 5.74) is 0. The zero-order chi connectivity index (χ0) is 12.1. The van der Waals surface area contributed by atoms with Gasteiger partial charge in [-0.05, 0) is 32.9 Å². The van der Waals surface area contributed by atoms with Gasteiger partial charge in [-0.3, -0.25) is 9.69 Å². The maximum atomic E-state index is 11.9. The van der Waals surface area contributed by atoms with Crippen molar-refractivity contribution in [1.29, 1.82) is 0 Å². The molecule has 0 radical (unpaired) electrons. The molecule has 0 aliphatic carbocycles. The van der Waals surface area contributed by atoms with E-state index in [1.807, 2.05) is 11.9 Å². The standard InChI is InChI=1S/C11H20N2O3/c1-3-6-12(2)8-10(14)13-7-4-5-9(13)11(15)16/h9H,3-8H2,1-2H3,(H,15,16). The van der Waals surface area contributed by atoms with Crippen molar-refractivity contribution >= 4 is 11.9 Å². The first-order valence-electron chi connectivity index (χ1n) is 5.77.